The van der Waals surface area contributed by atoms with E-state index in [1.807, 2.05) is 6.92 Å². The van der Waals surface area contributed by atoms with E-state index in [-0.39, 0.29) is 0 Å². The number of halogens is 1. The maximum Gasteiger partial charge on any atom is 0.0749 e. The fourth-order valence-corrected chi connectivity index (χ4v) is 2.66. The maximum atomic E-state index is 6.45. The highest BCUT2D eigenvalue weighted by molar-refractivity contribution is 6.36. The van der Waals surface area contributed by atoms with Crippen molar-refractivity contribution in [3.8, 4) is 0 Å². The average Bonchev–Trinajstić information content (AvgIpc) is 2.21. The Labute approximate surface area is 101 Å². The molecular weight excluding hydrogens is 218 g/mol. The quantitative estimate of drug-likeness (QED) is 0.713. The summed E-state index contributed by atoms with van der Waals surface area (Å²) in [5.41, 5.74) is 5.68. The van der Waals surface area contributed by atoms with Crippen molar-refractivity contribution in [2.24, 2.45) is 0 Å². The summed E-state index contributed by atoms with van der Waals surface area (Å²) in [6, 6.07) is 4.27. The minimum atomic E-state index is 0.872. The van der Waals surface area contributed by atoms with E-state index in [4.69, 9.17) is 11.6 Å². The molecule has 0 aliphatic heterocycles. The van der Waals surface area contributed by atoms with E-state index >= 15 is 0 Å². The molecule has 0 fully saturated rings. The first-order chi connectivity index (χ1) is 7.54. The Morgan fingerprint density at radius 3 is 2.50 bits per heavy atom. The van der Waals surface area contributed by atoms with Crippen LogP contribution in [-0.4, -0.2) is 4.98 Å². The van der Waals surface area contributed by atoms with Crippen LogP contribution < -0.4 is 0 Å². The molecule has 0 N–H and O–H groups in total. The lowest BCUT2D eigenvalue weighted by Crippen LogP contribution is -1.96. The van der Waals surface area contributed by atoms with Crippen molar-refractivity contribution in [2.45, 2.75) is 34.1 Å². The van der Waals surface area contributed by atoms with Crippen LogP contribution in [0.4, 0.5) is 0 Å². The number of hydrogen-bond donors (Lipinski definition) is 0. The van der Waals surface area contributed by atoms with Crippen molar-refractivity contribution in [2.75, 3.05) is 0 Å². The molecule has 0 spiro atoms. The zero-order valence-electron chi connectivity index (χ0n) is 10.2. The second-order valence-electron chi connectivity index (χ2n) is 4.32. The summed E-state index contributed by atoms with van der Waals surface area (Å²) >= 11 is 6.45. The Bertz CT molecular complexity index is 558. The number of hydrogen-bond acceptors (Lipinski definition) is 1. The molecule has 0 radical (unpaired) electrons. The lowest BCUT2D eigenvalue weighted by atomic mass is 10.0. The molecule has 0 aliphatic rings. The van der Waals surface area contributed by atoms with E-state index < -0.39 is 0 Å². The third-order valence-electron chi connectivity index (χ3n) is 3.02. The summed E-state index contributed by atoms with van der Waals surface area (Å²) in [5, 5.41) is 1.96. The van der Waals surface area contributed by atoms with Gasteiger partial charge in [-0.25, -0.2) is 0 Å². The van der Waals surface area contributed by atoms with Gasteiger partial charge in [0.1, 0.15) is 0 Å². The van der Waals surface area contributed by atoms with Gasteiger partial charge in [0, 0.05) is 11.1 Å². The Kier molecular flexibility index (Phi) is 2.90. The fraction of sp³-hybridized carbons (Fsp3) is 0.357. The van der Waals surface area contributed by atoms with E-state index in [0.29, 0.717) is 0 Å². The Morgan fingerprint density at radius 1 is 1.19 bits per heavy atom. The van der Waals surface area contributed by atoms with Gasteiger partial charge in [-0.2, -0.15) is 0 Å². The number of rotatable bonds is 1. The van der Waals surface area contributed by atoms with Gasteiger partial charge in [-0.15, -0.1) is 0 Å². The van der Waals surface area contributed by atoms with Gasteiger partial charge in [-0.1, -0.05) is 30.2 Å². The molecule has 1 nitrogen and oxygen atoms in total. The molecular formula is C14H16ClN. The Balaban J connectivity index is 2.93. The number of fused-ring (bicyclic) bond motifs is 1. The highest BCUT2D eigenvalue weighted by atomic mass is 35.5. The lowest BCUT2D eigenvalue weighted by Gasteiger charge is -2.11. The third kappa shape index (κ3) is 1.69. The summed E-state index contributed by atoms with van der Waals surface area (Å²) < 4.78 is 0. The first kappa shape index (κ1) is 11.4. The van der Waals surface area contributed by atoms with Crippen molar-refractivity contribution in [3.63, 3.8) is 0 Å². The number of aromatic nitrogens is 1. The van der Waals surface area contributed by atoms with Crippen molar-refractivity contribution in [3.05, 3.63) is 39.5 Å². The van der Waals surface area contributed by atoms with Crippen LogP contribution in [0.25, 0.3) is 10.9 Å². The monoisotopic (exact) mass is 233 g/mol. The van der Waals surface area contributed by atoms with E-state index in [2.05, 4.69) is 37.9 Å². The molecule has 0 atom stereocenters. The molecule has 2 heteroatoms. The Morgan fingerprint density at radius 2 is 1.88 bits per heavy atom. The van der Waals surface area contributed by atoms with Crippen LogP contribution in [0.1, 0.15) is 29.3 Å². The summed E-state index contributed by atoms with van der Waals surface area (Å²) in [6.45, 7) is 8.33. The highest BCUT2D eigenvalue weighted by Gasteiger charge is 2.11. The van der Waals surface area contributed by atoms with Crippen LogP contribution >= 0.6 is 11.6 Å². The molecule has 1 heterocycles. The largest absolute Gasteiger partial charge is 0.252 e. The van der Waals surface area contributed by atoms with Gasteiger partial charge in [-0.3, -0.25) is 4.98 Å². The van der Waals surface area contributed by atoms with Gasteiger partial charge in [0.2, 0.25) is 0 Å². The van der Waals surface area contributed by atoms with E-state index in [1.165, 1.54) is 16.7 Å². The van der Waals surface area contributed by atoms with Crippen molar-refractivity contribution in [1.82, 2.24) is 4.98 Å². The molecule has 2 rings (SSSR count). The molecule has 0 amide bonds. The molecule has 1 aromatic carbocycles. The number of nitrogens with zero attached hydrogens (tertiary/aromatic N) is 1. The van der Waals surface area contributed by atoms with Gasteiger partial charge in [0.25, 0.3) is 0 Å². The molecule has 0 bridgehead atoms. The maximum absolute atomic E-state index is 6.45. The van der Waals surface area contributed by atoms with Gasteiger partial charge in [0.05, 0.1) is 10.5 Å². The SMILES string of the molecule is CCc1c(C)nc2c(C)cc(C)cc2c1Cl. The van der Waals surface area contributed by atoms with Gasteiger partial charge >= 0.3 is 0 Å². The molecule has 2 aromatic rings. The Hall–Kier alpha value is -1.08. The summed E-state index contributed by atoms with van der Waals surface area (Å²) in [6.07, 6.45) is 0.931. The first-order valence-electron chi connectivity index (χ1n) is 5.60. The van der Waals surface area contributed by atoms with E-state index in [1.54, 1.807) is 0 Å². The predicted molar refractivity (Wildman–Crippen MR) is 70.3 cm³/mol. The zero-order chi connectivity index (χ0) is 11.9. The lowest BCUT2D eigenvalue weighted by molar-refractivity contribution is 1.07. The third-order valence-corrected chi connectivity index (χ3v) is 3.45. The van der Waals surface area contributed by atoms with Crippen molar-refractivity contribution in [1.29, 1.82) is 0 Å². The van der Waals surface area contributed by atoms with E-state index in [9.17, 15) is 0 Å². The second kappa shape index (κ2) is 4.06. The molecule has 0 saturated carbocycles. The number of pyridine rings is 1. The van der Waals surface area contributed by atoms with Crippen LogP contribution in [0.15, 0.2) is 12.1 Å². The minimum Gasteiger partial charge on any atom is -0.252 e. The number of benzene rings is 1. The van der Waals surface area contributed by atoms with Gasteiger partial charge in [0.15, 0.2) is 0 Å². The summed E-state index contributed by atoms with van der Waals surface area (Å²) in [4.78, 5) is 4.66. The zero-order valence-corrected chi connectivity index (χ0v) is 10.9. The molecule has 1 aromatic heterocycles. The normalized spacial score (nSPS) is 11.1. The standard InChI is InChI=1S/C14H16ClN/c1-5-11-10(4)16-14-9(3)6-8(2)7-12(14)13(11)15/h6-7H,5H2,1-4H3. The fourth-order valence-electron chi connectivity index (χ4n) is 2.24. The minimum absolute atomic E-state index is 0.872. The molecule has 0 saturated heterocycles. The summed E-state index contributed by atoms with van der Waals surface area (Å²) in [7, 11) is 0. The highest BCUT2D eigenvalue weighted by Crippen LogP contribution is 2.30. The second-order valence-corrected chi connectivity index (χ2v) is 4.70. The van der Waals surface area contributed by atoms with Crippen LogP contribution in [0.3, 0.4) is 0 Å². The smallest absolute Gasteiger partial charge is 0.0749 e. The van der Waals surface area contributed by atoms with Crippen LogP contribution in [0.2, 0.25) is 5.02 Å². The van der Waals surface area contributed by atoms with Crippen molar-refractivity contribution < 1.29 is 0 Å². The molecule has 0 unspecified atom stereocenters. The topological polar surface area (TPSA) is 12.9 Å². The van der Waals surface area contributed by atoms with Crippen LogP contribution in [0, 0.1) is 20.8 Å². The van der Waals surface area contributed by atoms with Crippen LogP contribution in [-0.2, 0) is 6.42 Å². The molecule has 0 aliphatic carbocycles. The van der Waals surface area contributed by atoms with E-state index in [0.717, 1.165) is 28.0 Å². The van der Waals surface area contributed by atoms with Gasteiger partial charge < -0.3 is 0 Å². The van der Waals surface area contributed by atoms with Gasteiger partial charge in [-0.05, 0) is 44.4 Å². The first-order valence-corrected chi connectivity index (χ1v) is 5.98. The molecule has 84 valence electrons. The number of aryl methyl sites for hydroxylation is 3. The molecule has 16 heavy (non-hydrogen) atoms. The van der Waals surface area contributed by atoms with Crippen LogP contribution in [0.5, 0.6) is 0 Å². The average molecular weight is 234 g/mol. The summed E-state index contributed by atoms with van der Waals surface area (Å²) in [5.74, 6) is 0. The van der Waals surface area contributed by atoms with Crippen molar-refractivity contribution >= 4 is 22.5 Å². The predicted octanol–water partition coefficient (Wildman–Crippen LogP) is 4.38.